The molecule has 0 spiro atoms. The van der Waals surface area contributed by atoms with Gasteiger partial charge in [-0.05, 0) is 6.07 Å². The van der Waals surface area contributed by atoms with Gasteiger partial charge in [-0.25, -0.2) is 12.8 Å². The number of aromatic nitrogens is 2. The van der Waals surface area contributed by atoms with Crippen molar-refractivity contribution in [3.63, 3.8) is 0 Å². The first-order valence-electron chi connectivity index (χ1n) is 4.99. The van der Waals surface area contributed by atoms with Gasteiger partial charge in [0.15, 0.2) is 5.75 Å². The fourth-order valence-electron chi connectivity index (χ4n) is 1.39. The van der Waals surface area contributed by atoms with Gasteiger partial charge in [-0.15, -0.1) is 0 Å². The van der Waals surface area contributed by atoms with Crippen molar-refractivity contribution in [2.75, 3.05) is 4.72 Å². The van der Waals surface area contributed by atoms with E-state index in [-0.39, 0.29) is 15.6 Å². The molecule has 102 valence electrons. The van der Waals surface area contributed by atoms with Crippen LogP contribution in [0.5, 0.6) is 5.75 Å². The fraction of sp³-hybridized carbons (Fsp3) is 0.100. The topological polar surface area (TPSA) is 84.2 Å². The molecule has 2 rings (SSSR count). The van der Waals surface area contributed by atoms with E-state index in [0.717, 1.165) is 18.3 Å². The van der Waals surface area contributed by atoms with E-state index in [9.17, 15) is 17.9 Å². The lowest BCUT2D eigenvalue weighted by atomic mass is 10.3. The first kappa shape index (κ1) is 13.6. The van der Waals surface area contributed by atoms with E-state index in [0.29, 0.717) is 0 Å². The quantitative estimate of drug-likeness (QED) is 0.846. The van der Waals surface area contributed by atoms with Crippen LogP contribution in [0, 0.1) is 5.82 Å². The minimum atomic E-state index is -3.97. The lowest BCUT2D eigenvalue weighted by Crippen LogP contribution is -2.12. The molecular weight excluding hydrogens is 297 g/mol. The van der Waals surface area contributed by atoms with Crippen molar-refractivity contribution >= 4 is 27.3 Å². The maximum Gasteiger partial charge on any atom is 0.265 e. The molecule has 0 atom stereocenters. The highest BCUT2D eigenvalue weighted by atomic mass is 35.5. The Morgan fingerprint density at radius 3 is 2.74 bits per heavy atom. The number of nitrogens with one attached hydrogen (secondary N) is 1. The minimum absolute atomic E-state index is 0.116. The van der Waals surface area contributed by atoms with E-state index in [1.165, 1.54) is 10.9 Å². The second kappa shape index (κ2) is 4.71. The number of phenols is 1. The predicted molar refractivity (Wildman–Crippen MR) is 67.1 cm³/mol. The van der Waals surface area contributed by atoms with E-state index in [2.05, 4.69) is 5.10 Å². The molecule has 1 heterocycles. The molecule has 19 heavy (non-hydrogen) atoms. The molecule has 0 aliphatic rings. The Balaban J connectivity index is 2.41. The number of halogens is 2. The van der Waals surface area contributed by atoms with Gasteiger partial charge >= 0.3 is 0 Å². The van der Waals surface area contributed by atoms with Crippen molar-refractivity contribution in [2.24, 2.45) is 7.05 Å². The fourth-order valence-corrected chi connectivity index (χ4v) is 2.63. The summed E-state index contributed by atoms with van der Waals surface area (Å²) in [6.07, 6.45) is 2.39. The van der Waals surface area contributed by atoms with Crippen LogP contribution in [0.25, 0.3) is 0 Å². The van der Waals surface area contributed by atoms with E-state index in [1.54, 1.807) is 7.05 Å². The van der Waals surface area contributed by atoms with Crippen LogP contribution < -0.4 is 4.72 Å². The Morgan fingerprint density at radius 1 is 1.47 bits per heavy atom. The van der Waals surface area contributed by atoms with Crippen molar-refractivity contribution in [2.45, 2.75) is 4.90 Å². The second-order valence-corrected chi connectivity index (χ2v) is 5.83. The van der Waals surface area contributed by atoms with E-state index in [1.807, 2.05) is 4.72 Å². The molecule has 0 amide bonds. The Bertz CT molecular complexity index is 730. The van der Waals surface area contributed by atoms with Crippen molar-refractivity contribution in [3.8, 4) is 5.75 Å². The molecule has 9 heteroatoms. The summed E-state index contributed by atoms with van der Waals surface area (Å²) in [6.45, 7) is 0. The normalized spacial score (nSPS) is 11.5. The molecule has 0 saturated carbocycles. The van der Waals surface area contributed by atoms with Gasteiger partial charge in [0.1, 0.15) is 10.7 Å². The minimum Gasteiger partial charge on any atom is -0.504 e. The van der Waals surface area contributed by atoms with Crippen LogP contribution in [0.2, 0.25) is 5.02 Å². The van der Waals surface area contributed by atoms with Gasteiger partial charge in [0.2, 0.25) is 0 Å². The van der Waals surface area contributed by atoms with Crippen LogP contribution in [-0.4, -0.2) is 23.3 Å². The van der Waals surface area contributed by atoms with Crippen LogP contribution in [-0.2, 0) is 17.1 Å². The van der Waals surface area contributed by atoms with Gasteiger partial charge in [0.25, 0.3) is 10.0 Å². The zero-order valence-electron chi connectivity index (χ0n) is 9.63. The number of benzene rings is 1. The molecule has 6 nitrogen and oxygen atoms in total. The molecule has 0 aliphatic heterocycles. The van der Waals surface area contributed by atoms with Crippen LogP contribution in [0.15, 0.2) is 29.4 Å². The molecule has 2 N–H and O–H groups in total. The van der Waals surface area contributed by atoms with Crippen LogP contribution in [0.4, 0.5) is 10.1 Å². The Morgan fingerprint density at radius 2 is 2.16 bits per heavy atom. The summed E-state index contributed by atoms with van der Waals surface area (Å²) in [4.78, 5) is -0.116. The summed E-state index contributed by atoms with van der Waals surface area (Å²) >= 11 is 5.56. The highest BCUT2D eigenvalue weighted by Gasteiger charge is 2.19. The summed E-state index contributed by atoms with van der Waals surface area (Å²) in [7, 11) is -2.42. The summed E-state index contributed by atoms with van der Waals surface area (Å²) in [6, 6.07) is 1.70. The third kappa shape index (κ3) is 2.79. The average Bonchev–Trinajstić information content (AvgIpc) is 2.72. The molecule has 1 aromatic heterocycles. The summed E-state index contributed by atoms with van der Waals surface area (Å²) in [5.74, 6) is -1.32. The van der Waals surface area contributed by atoms with Crippen molar-refractivity contribution in [1.82, 2.24) is 9.78 Å². The Labute approximate surface area is 113 Å². The number of hydrogen-bond donors (Lipinski definition) is 2. The molecule has 0 aliphatic carbocycles. The standard InChI is InChI=1S/C10H9ClFN3O3S/c1-15-5-7(4-13-15)19(17,18)14-9-3-6(12)2-8(11)10(9)16/h2-5,14,16H,1H3. The zero-order chi connectivity index (χ0) is 14.2. The largest absolute Gasteiger partial charge is 0.504 e. The maximum absolute atomic E-state index is 13.1. The number of sulfonamides is 1. The van der Waals surface area contributed by atoms with Gasteiger partial charge in [0.05, 0.1) is 16.9 Å². The lowest BCUT2D eigenvalue weighted by molar-refractivity contribution is 0.476. The monoisotopic (exact) mass is 305 g/mol. The number of anilines is 1. The third-order valence-corrected chi connectivity index (χ3v) is 3.87. The van der Waals surface area contributed by atoms with Gasteiger partial charge < -0.3 is 5.11 Å². The molecule has 1 aromatic carbocycles. The number of rotatable bonds is 3. The second-order valence-electron chi connectivity index (χ2n) is 3.74. The number of aromatic hydroxyl groups is 1. The van der Waals surface area contributed by atoms with Crippen molar-refractivity contribution in [3.05, 3.63) is 35.4 Å². The van der Waals surface area contributed by atoms with Crippen molar-refractivity contribution in [1.29, 1.82) is 0 Å². The third-order valence-electron chi connectivity index (χ3n) is 2.26. The zero-order valence-corrected chi connectivity index (χ0v) is 11.2. The predicted octanol–water partition coefficient (Wildman–Crippen LogP) is 1.72. The summed E-state index contributed by atoms with van der Waals surface area (Å²) < 4.78 is 40.4. The molecule has 0 bridgehead atoms. The van der Waals surface area contributed by atoms with Gasteiger partial charge in [0, 0.05) is 19.3 Å². The van der Waals surface area contributed by atoms with Gasteiger partial charge in [-0.3, -0.25) is 9.40 Å². The molecule has 0 fully saturated rings. The first-order valence-corrected chi connectivity index (χ1v) is 6.85. The van der Waals surface area contributed by atoms with Crippen LogP contribution >= 0.6 is 11.6 Å². The smallest absolute Gasteiger partial charge is 0.265 e. The number of nitrogens with zero attached hydrogens (tertiary/aromatic N) is 2. The molecule has 0 unspecified atom stereocenters. The van der Waals surface area contributed by atoms with E-state index in [4.69, 9.17) is 11.6 Å². The van der Waals surface area contributed by atoms with Gasteiger partial charge in [-0.1, -0.05) is 11.6 Å². The summed E-state index contributed by atoms with van der Waals surface area (Å²) in [5, 5.41) is 13.0. The Kier molecular flexibility index (Phi) is 3.38. The highest BCUT2D eigenvalue weighted by molar-refractivity contribution is 7.92. The number of hydrogen-bond acceptors (Lipinski definition) is 4. The number of aryl methyl sites for hydroxylation is 1. The molecule has 2 aromatic rings. The van der Waals surface area contributed by atoms with E-state index >= 15 is 0 Å². The highest BCUT2D eigenvalue weighted by Crippen LogP contribution is 2.33. The number of phenolic OH excluding ortho intramolecular Hbond substituents is 1. The average molecular weight is 306 g/mol. The first-order chi connectivity index (χ1) is 8.79. The summed E-state index contributed by atoms with van der Waals surface area (Å²) in [5.41, 5.74) is -0.339. The van der Waals surface area contributed by atoms with Crippen molar-refractivity contribution < 1.29 is 17.9 Å². The SMILES string of the molecule is Cn1cc(S(=O)(=O)Nc2cc(F)cc(Cl)c2O)cn1. The van der Waals surface area contributed by atoms with E-state index < -0.39 is 21.6 Å². The lowest BCUT2D eigenvalue weighted by Gasteiger charge is -2.09. The maximum atomic E-state index is 13.1. The molecule has 0 radical (unpaired) electrons. The molecular formula is C10H9ClFN3O3S. The molecule has 0 saturated heterocycles. The van der Waals surface area contributed by atoms with Crippen LogP contribution in [0.3, 0.4) is 0 Å². The van der Waals surface area contributed by atoms with Crippen LogP contribution in [0.1, 0.15) is 0 Å². The van der Waals surface area contributed by atoms with Gasteiger partial charge in [-0.2, -0.15) is 5.10 Å². The Hall–Kier alpha value is -1.80.